The van der Waals surface area contributed by atoms with Crippen molar-refractivity contribution in [1.82, 2.24) is 9.80 Å². The third-order valence-corrected chi connectivity index (χ3v) is 7.66. The van der Waals surface area contributed by atoms with Crippen LogP contribution in [0.1, 0.15) is 58.9 Å². The lowest BCUT2D eigenvalue weighted by atomic mass is 9.93. The summed E-state index contributed by atoms with van der Waals surface area (Å²) in [5.74, 6) is -2.03. The van der Waals surface area contributed by atoms with Crippen molar-refractivity contribution >= 4 is 23.3 Å². The molecule has 0 atom stereocenters. The third-order valence-electron chi connectivity index (χ3n) is 7.66. The Bertz CT molecular complexity index is 1220. The van der Waals surface area contributed by atoms with Crippen LogP contribution in [-0.4, -0.2) is 63.9 Å². The summed E-state index contributed by atoms with van der Waals surface area (Å²) in [5.41, 5.74) is 7.25. The SMILES string of the molecule is CCc1cc(C(=O)C=C(C)c2ccc(CN3CC(C(=O)O)C3)c(CC)c2)ccc1CN1CC(C(=O)O)C1. The van der Waals surface area contributed by atoms with E-state index in [-0.39, 0.29) is 17.6 Å². The Balaban J connectivity index is 1.42. The number of aryl methyl sites for hydroxylation is 2. The van der Waals surface area contributed by atoms with Crippen molar-refractivity contribution in [2.45, 2.75) is 46.7 Å². The maximum absolute atomic E-state index is 13.1. The molecule has 2 N–H and O–H groups in total. The van der Waals surface area contributed by atoms with Gasteiger partial charge in [0.05, 0.1) is 11.8 Å². The fourth-order valence-corrected chi connectivity index (χ4v) is 5.17. The Morgan fingerprint density at radius 1 is 0.757 bits per heavy atom. The molecule has 0 aromatic heterocycles. The van der Waals surface area contributed by atoms with Gasteiger partial charge in [0.1, 0.15) is 0 Å². The number of carboxylic acid groups (broad SMARTS) is 2. The normalized spacial score (nSPS) is 17.3. The average molecular weight is 505 g/mol. The molecule has 0 saturated carbocycles. The van der Waals surface area contributed by atoms with Crippen molar-refractivity contribution in [1.29, 1.82) is 0 Å². The Labute approximate surface area is 218 Å². The minimum atomic E-state index is -0.735. The van der Waals surface area contributed by atoms with E-state index in [0.717, 1.165) is 41.6 Å². The van der Waals surface area contributed by atoms with Crippen LogP contribution in [0, 0.1) is 11.8 Å². The van der Waals surface area contributed by atoms with Crippen LogP contribution in [-0.2, 0) is 35.5 Å². The van der Waals surface area contributed by atoms with Gasteiger partial charge in [-0.3, -0.25) is 24.2 Å². The molecule has 37 heavy (non-hydrogen) atoms. The van der Waals surface area contributed by atoms with Gasteiger partial charge in [0.25, 0.3) is 0 Å². The van der Waals surface area contributed by atoms with E-state index in [1.165, 1.54) is 11.1 Å². The van der Waals surface area contributed by atoms with Gasteiger partial charge in [0, 0.05) is 44.8 Å². The summed E-state index contributed by atoms with van der Waals surface area (Å²) in [6.45, 7) is 9.91. The topological polar surface area (TPSA) is 98.2 Å². The fourth-order valence-electron chi connectivity index (χ4n) is 5.17. The number of carbonyl (C=O) groups excluding carboxylic acids is 1. The Morgan fingerprint density at radius 3 is 1.62 bits per heavy atom. The van der Waals surface area contributed by atoms with Crippen molar-refractivity contribution in [2.75, 3.05) is 26.2 Å². The number of rotatable bonds is 11. The summed E-state index contributed by atoms with van der Waals surface area (Å²) in [6, 6.07) is 12.1. The van der Waals surface area contributed by atoms with Crippen LogP contribution in [0.3, 0.4) is 0 Å². The molecule has 2 aromatic rings. The summed E-state index contributed by atoms with van der Waals surface area (Å²) in [6.07, 6.45) is 3.37. The summed E-state index contributed by atoms with van der Waals surface area (Å²) in [4.78, 5) is 39.5. The zero-order valence-electron chi connectivity index (χ0n) is 21.9. The number of ketones is 1. The number of aliphatic carboxylic acids is 2. The lowest BCUT2D eigenvalue weighted by Gasteiger charge is -2.37. The van der Waals surface area contributed by atoms with Gasteiger partial charge in [-0.2, -0.15) is 0 Å². The van der Waals surface area contributed by atoms with E-state index in [9.17, 15) is 14.4 Å². The van der Waals surface area contributed by atoms with Crippen molar-refractivity contribution < 1.29 is 24.6 Å². The highest BCUT2D eigenvalue weighted by molar-refractivity contribution is 6.08. The molecule has 0 spiro atoms. The van der Waals surface area contributed by atoms with Crippen molar-refractivity contribution in [3.63, 3.8) is 0 Å². The molecule has 0 radical (unpaired) electrons. The second-order valence-electron chi connectivity index (χ2n) is 10.3. The van der Waals surface area contributed by atoms with Gasteiger partial charge in [0.2, 0.25) is 0 Å². The molecule has 0 aliphatic carbocycles. The molecule has 196 valence electrons. The number of carbonyl (C=O) groups is 3. The van der Waals surface area contributed by atoms with Gasteiger partial charge >= 0.3 is 11.9 Å². The van der Waals surface area contributed by atoms with Gasteiger partial charge in [-0.1, -0.05) is 44.2 Å². The van der Waals surface area contributed by atoms with Crippen LogP contribution in [0.4, 0.5) is 0 Å². The molecule has 7 heteroatoms. The average Bonchev–Trinajstić information content (AvgIpc) is 2.82. The molecule has 4 rings (SSSR count). The van der Waals surface area contributed by atoms with Crippen LogP contribution in [0.25, 0.3) is 5.57 Å². The zero-order chi connectivity index (χ0) is 26.7. The predicted octanol–water partition coefficient (Wildman–Crippen LogP) is 4.13. The van der Waals surface area contributed by atoms with Crippen LogP contribution in [0.15, 0.2) is 42.5 Å². The van der Waals surface area contributed by atoms with Gasteiger partial charge < -0.3 is 10.2 Å². The van der Waals surface area contributed by atoms with Crippen molar-refractivity contribution in [3.8, 4) is 0 Å². The van der Waals surface area contributed by atoms with Crippen LogP contribution < -0.4 is 0 Å². The molecule has 2 heterocycles. The number of carboxylic acids is 2. The predicted molar refractivity (Wildman–Crippen MR) is 142 cm³/mol. The van der Waals surface area contributed by atoms with E-state index in [0.29, 0.717) is 38.3 Å². The quantitative estimate of drug-likeness (QED) is 0.351. The smallest absolute Gasteiger partial charge is 0.309 e. The summed E-state index contributed by atoms with van der Waals surface area (Å²) < 4.78 is 0. The van der Waals surface area contributed by atoms with Gasteiger partial charge in [-0.25, -0.2) is 0 Å². The largest absolute Gasteiger partial charge is 0.481 e. The molecule has 7 nitrogen and oxygen atoms in total. The number of likely N-dealkylation sites (tertiary alicyclic amines) is 2. The van der Waals surface area contributed by atoms with E-state index in [2.05, 4.69) is 35.8 Å². The summed E-state index contributed by atoms with van der Waals surface area (Å²) in [7, 11) is 0. The minimum Gasteiger partial charge on any atom is -0.481 e. The first-order chi connectivity index (χ1) is 17.7. The van der Waals surface area contributed by atoms with Crippen LogP contribution in [0.2, 0.25) is 0 Å². The highest BCUT2D eigenvalue weighted by atomic mass is 16.4. The lowest BCUT2D eigenvalue weighted by molar-refractivity contribution is -0.148. The molecule has 2 saturated heterocycles. The van der Waals surface area contributed by atoms with Crippen molar-refractivity contribution in [3.05, 3.63) is 75.9 Å². The molecule has 0 unspecified atom stereocenters. The highest BCUT2D eigenvalue weighted by Crippen LogP contribution is 2.26. The molecule has 2 fully saturated rings. The van der Waals surface area contributed by atoms with E-state index in [1.54, 1.807) is 6.08 Å². The molecule has 2 aliphatic heterocycles. The third kappa shape index (κ3) is 6.17. The van der Waals surface area contributed by atoms with Crippen LogP contribution in [0.5, 0.6) is 0 Å². The van der Waals surface area contributed by atoms with Gasteiger partial charge in [-0.15, -0.1) is 0 Å². The highest BCUT2D eigenvalue weighted by Gasteiger charge is 2.33. The summed E-state index contributed by atoms with van der Waals surface area (Å²) in [5, 5.41) is 18.2. The van der Waals surface area contributed by atoms with Gasteiger partial charge in [-0.05, 0) is 65.3 Å². The maximum Gasteiger partial charge on any atom is 0.309 e. The minimum absolute atomic E-state index is 0.0314. The Kier molecular flexibility index (Phi) is 8.25. The number of nitrogens with zero attached hydrogens (tertiary/aromatic N) is 2. The van der Waals surface area contributed by atoms with Crippen LogP contribution >= 0.6 is 0 Å². The monoisotopic (exact) mass is 504 g/mol. The first-order valence-corrected chi connectivity index (χ1v) is 13.0. The Hall–Kier alpha value is -3.29. The van der Waals surface area contributed by atoms with Gasteiger partial charge in [0.15, 0.2) is 5.78 Å². The number of hydrogen-bond donors (Lipinski definition) is 2. The molecule has 2 aliphatic rings. The second-order valence-corrected chi connectivity index (χ2v) is 10.3. The van der Waals surface area contributed by atoms with E-state index in [1.807, 2.05) is 31.2 Å². The molecular formula is C30H36N2O5. The summed E-state index contributed by atoms with van der Waals surface area (Å²) >= 11 is 0. The van der Waals surface area contributed by atoms with E-state index >= 15 is 0 Å². The Morgan fingerprint density at radius 2 is 1.19 bits per heavy atom. The zero-order valence-corrected chi connectivity index (χ0v) is 21.9. The molecule has 2 aromatic carbocycles. The standard InChI is InChI=1S/C30H36N2O5/c1-4-20-11-22(6-8-24(20)13-31-15-26(16-31)29(34)35)19(3)10-28(33)23-7-9-25(21(5-2)12-23)14-32-17-27(18-32)30(36)37/h6-12,26-27H,4-5,13-18H2,1-3H3,(H,34,35)(H,36,37). The first kappa shape index (κ1) is 26.8. The number of allylic oxidation sites excluding steroid dienone is 2. The van der Waals surface area contributed by atoms with Crippen molar-refractivity contribution in [2.24, 2.45) is 11.8 Å². The maximum atomic E-state index is 13.1. The molecule has 0 bridgehead atoms. The second kappa shape index (κ2) is 11.4. The molecule has 0 amide bonds. The fraction of sp³-hybridized carbons (Fsp3) is 0.433. The first-order valence-electron chi connectivity index (χ1n) is 13.0. The number of benzene rings is 2. The number of hydrogen-bond acceptors (Lipinski definition) is 5. The van der Waals surface area contributed by atoms with E-state index in [4.69, 9.17) is 10.2 Å². The lowest BCUT2D eigenvalue weighted by Crippen LogP contribution is -2.49. The van der Waals surface area contributed by atoms with E-state index < -0.39 is 11.9 Å². The molecular weight excluding hydrogens is 468 g/mol.